The van der Waals surface area contributed by atoms with E-state index in [2.05, 4.69) is 69.9 Å². The number of nitrogens with zero attached hydrogens (tertiary/aromatic N) is 3. The molecule has 4 aromatic heterocycles. The second kappa shape index (κ2) is 6.95. The second-order valence-corrected chi connectivity index (χ2v) is 7.97. The Bertz CT molecular complexity index is 1200. The highest BCUT2D eigenvalue weighted by atomic mass is 32.1. The number of hydrogen-bond acceptors (Lipinski definition) is 4. The number of benzene rings is 1. The summed E-state index contributed by atoms with van der Waals surface area (Å²) in [5, 5.41) is 4.13. The Hall–Kier alpha value is -3.02. The van der Waals surface area contributed by atoms with Crippen molar-refractivity contribution in [2.24, 2.45) is 4.99 Å². The fraction of sp³-hybridized carbons (Fsp3) is 0. The number of thiophene rings is 2. The van der Waals surface area contributed by atoms with E-state index in [4.69, 9.17) is 9.98 Å². The van der Waals surface area contributed by atoms with Crippen molar-refractivity contribution in [3.05, 3.63) is 88.6 Å². The van der Waals surface area contributed by atoms with Crippen LogP contribution in [0.25, 0.3) is 27.3 Å². The first-order valence-electron chi connectivity index (χ1n) is 8.57. The monoisotopic (exact) mass is 385 g/mol. The average molecular weight is 386 g/mol. The highest BCUT2D eigenvalue weighted by molar-refractivity contribution is 7.13. The molecule has 5 aromatic rings. The van der Waals surface area contributed by atoms with Gasteiger partial charge in [-0.3, -0.25) is 4.40 Å². The van der Waals surface area contributed by atoms with E-state index in [1.807, 2.05) is 24.4 Å². The molecule has 0 unspecified atom stereocenters. The molecule has 0 bridgehead atoms. The van der Waals surface area contributed by atoms with Crippen LogP contribution >= 0.6 is 22.7 Å². The fourth-order valence-electron chi connectivity index (χ4n) is 3.03. The number of rotatable bonds is 4. The highest BCUT2D eigenvalue weighted by Crippen LogP contribution is 2.35. The average Bonchev–Trinajstić information content (AvgIpc) is 3.46. The first kappa shape index (κ1) is 16.2. The number of pyridine rings is 1. The molecule has 0 N–H and O–H groups in total. The Labute approximate surface area is 164 Å². The minimum absolute atomic E-state index is 0.860. The Balaban J connectivity index is 1.70. The van der Waals surface area contributed by atoms with E-state index in [9.17, 15) is 0 Å². The molecule has 0 saturated heterocycles. The van der Waals surface area contributed by atoms with Crippen LogP contribution in [-0.2, 0) is 0 Å². The van der Waals surface area contributed by atoms with E-state index in [0.29, 0.717) is 0 Å². The van der Waals surface area contributed by atoms with Crippen molar-refractivity contribution in [3.63, 3.8) is 0 Å². The third kappa shape index (κ3) is 3.12. The lowest BCUT2D eigenvalue weighted by atomic mass is 10.1. The van der Waals surface area contributed by atoms with Gasteiger partial charge in [-0.25, -0.2) is 9.98 Å². The smallest absolute Gasteiger partial charge is 0.165 e. The molecule has 0 radical (unpaired) electrons. The zero-order valence-corrected chi connectivity index (χ0v) is 16.0. The van der Waals surface area contributed by atoms with Crippen LogP contribution in [0.1, 0.15) is 4.88 Å². The SMILES string of the molecule is C(=N\c1c(-c2cccs2)nc2ccc(-c3ccccc3)cn12)/c1cccs1. The van der Waals surface area contributed by atoms with E-state index in [1.165, 1.54) is 5.56 Å². The topological polar surface area (TPSA) is 29.7 Å². The van der Waals surface area contributed by atoms with Crippen LogP contribution in [0.3, 0.4) is 0 Å². The molecule has 0 spiro atoms. The van der Waals surface area contributed by atoms with E-state index < -0.39 is 0 Å². The molecule has 5 rings (SSSR count). The Morgan fingerprint density at radius 1 is 0.815 bits per heavy atom. The summed E-state index contributed by atoms with van der Waals surface area (Å²) < 4.78 is 2.08. The van der Waals surface area contributed by atoms with Gasteiger partial charge >= 0.3 is 0 Å². The number of aliphatic imine (C=N–C) groups is 1. The minimum Gasteiger partial charge on any atom is -0.283 e. The first-order valence-corrected chi connectivity index (χ1v) is 10.3. The van der Waals surface area contributed by atoms with Crippen molar-refractivity contribution < 1.29 is 0 Å². The normalized spacial score (nSPS) is 11.6. The maximum Gasteiger partial charge on any atom is 0.165 e. The highest BCUT2D eigenvalue weighted by Gasteiger charge is 2.15. The van der Waals surface area contributed by atoms with Gasteiger partial charge in [0, 0.05) is 17.3 Å². The molecule has 130 valence electrons. The lowest BCUT2D eigenvalue weighted by Gasteiger charge is -2.04. The zero-order valence-electron chi connectivity index (χ0n) is 14.3. The maximum absolute atomic E-state index is 4.85. The van der Waals surface area contributed by atoms with Crippen LogP contribution in [0.2, 0.25) is 0 Å². The molecule has 0 aliphatic rings. The van der Waals surface area contributed by atoms with Gasteiger partial charge in [0.05, 0.1) is 4.88 Å². The molecule has 3 nitrogen and oxygen atoms in total. The first-order chi connectivity index (χ1) is 13.4. The Kier molecular flexibility index (Phi) is 4.16. The molecule has 4 heterocycles. The van der Waals surface area contributed by atoms with Crippen molar-refractivity contribution in [2.45, 2.75) is 0 Å². The van der Waals surface area contributed by atoms with Crippen molar-refractivity contribution in [1.82, 2.24) is 9.38 Å². The van der Waals surface area contributed by atoms with Gasteiger partial charge in [0.15, 0.2) is 5.82 Å². The third-order valence-electron chi connectivity index (χ3n) is 4.31. The predicted molar refractivity (Wildman–Crippen MR) is 116 cm³/mol. The molecule has 0 amide bonds. The van der Waals surface area contributed by atoms with E-state index in [0.717, 1.165) is 32.5 Å². The van der Waals surface area contributed by atoms with Gasteiger partial charge in [-0.05, 0) is 46.2 Å². The number of hydrogen-bond donors (Lipinski definition) is 0. The second-order valence-electron chi connectivity index (χ2n) is 6.05. The predicted octanol–water partition coefficient (Wildman–Crippen LogP) is 6.54. The van der Waals surface area contributed by atoms with Crippen LogP contribution < -0.4 is 0 Å². The standard InChI is InChI=1S/C22H15N3S2/c1-2-6-16(7-3-1)17-10-11-20-24-21(19-9-5-13-27-19)22(25(20)15-17)23-14-18-8-4-12-26-18/h1-15H/b23-14+. The molecular formula is C22H15N3S2. The molecular weight excluding hydrogens is 370 g/mol. The quantitative estimate of drug-likeness (QED) is 0.323. The Morgan fingerprint density at radius 2 is 1.67 bits per heavy atom. The third-order valence-corrected chi connectivity index (χ3v) is 6.00. The van der Waals surface area contributed by atoms with E-state index in [-0.39, 0.29) is 0 Å². The molecule has 0 fully saturated rings. The number of aromatic nitrogens is 2. The number of imidazole rings is 1. The summed E-state index contributed by atoms with van der Waals surface area (Å²) in [7, 11) is 0. The summed E-state index contributed by atoms with van der Waals surface area (Å²) in [5.41, 5.74) is 4.14. The maximum atomic E-state index is 4.85. The van der Waals surface area contributed by atoms with Gasteiger partial charge in [0.2, 0.25) is 0 Å². The van der Waals surface area contributed by atoms with Crippen molar-refractivity contribution in [3.8, 4) is 21.7 Å². The molecule has 27 heavy (non-hydrogen) atoms. The van der Waals surface area contributed by atoms with Gasteiger partial charge in [-0.2, -0.15) is 0 Å². The summed E-state index contributed by atoms with van der Waals surface area (Å²) in [6.07, 6.45) is 4.04. The van der Waals surface area contributed by atoms with Gasteiger partial charge in [-0.1, -0.05) is 42.5 Å². The van der Waals surface area contributed by atoms with Crippen LogP contribution in [0, 0.1) is 0 Å². The van der Waals surface area contributed by atoms with E-state index in [1.54, 1.807) is 22.7 Å². The largest absolute Gasteiger partial charge is 0.283 e. The van der Waals surface area contributed by atoms with Crippen molar-refractivity contribution in [1.29, 1.82) is 0 Å². The summed E-state index contributed by atoms with van der Waals surface area (Å²) in [6.45, 7) is 0. The zero-order chi connectivity index (χ0) is 18.1. The van der Waals surface area contributed by atoms with Crippen LogP contribution in [0.5, 0.6) is 0 Å². The van der Waals surface area contributed by atoms with Crippen molar-refractivity contribution in [2.75, 3.05) is 0 Å². The van der Waals surface area contributed by atoms with Gasteiger partial charge < -0.3 is 0 Å². The molecule has 0 aliphatic heterocycles. The summed E-state index contributed by atoms with van der Waals surface area (Å²) in [5.74, 6) is 0.860. The lowest BCUT2D eigenvalue weighted by Crippen LogP contribution is -1.87. The molecule has 0 saturated carbocycles. The molecule has 0 aliphatic carbocycles. The fourth-order valence-corrected chi connectivity index (χ4v) is 4.32. The summed E-state index contributed by atoms with van der Waals surface area (Å²) in [4.78, 5) is 11.9. The molecule has 5 heteroatoms. The van der Waals surface area contributed by atoms with Crippen molar-refractivity contribution >= 4 is 40.4 Å². The van der Waals surface area contributed by atoms with Crippen LogP contribution in [-0.4, -0.2) is 15.6 Å². The van der Waals surface area contributed by atoms with Gasteiger partial charge in [0.25, 0.3) is 0 Å². The summed E-state index contributed by atoms with van der Waals surface area (Å²) >= 11 is 3.36. The van der Waals surface area contributed by atoms with Crippen LogP contribution in [0.15, 0.2) is 88.7 Å². The van der Waals surface area contributed by atoms with Gasteiger partial charge in [0.1, 0.15) is 11.3 Å². The van der Waals surface area contributed by atoms with Gasteiger partial charge in [-0.15, -0.1) is 22.7 Å². The summed E-state index contributed by atoms with van der Waals surface area (Å²) in [6, 6.07) is 22.8. The molecule has 1 aromatic carbocycles. The minimum atomic E-state index is 0.860. The lowest BCUT2D eigenvalue weighted by molar-refractivity contribution is 1.17. The number of fused-ring (bicyclic) bond motifs is 1. The molecule has 0 atom stereocenters. The van der Waals surface area contributed by atoms with E-state index >= 15 is 0 Å². The Morgan fingerprint density at radius 3 is 2.44 bits per heavy atom. The van der Waals surface area contributed by atoms with Crippen LogP contribution in [0.4, 0.5) is 5.82 Å².